The van der Waals surface area contributed by atoms with Gasteiger partial charge in [0.15, 0.2) is 22.9 Å². The summed E-state index contributed by atoms with van der Waals surface area (Å²) in [6, 6.07) is 20.7. The number of para-hydroxylation sites is 1. The number of nitriles is 1. The minimum atomic E-state index is -0.890. The Kier molecular flexibility index (Phi) is 10.7. The molecule has 0 amide bonds. The monoisotopic (exact) mass is 667 g/mol. The lowest BCUT2D eigenvalue weighted by molar-refractivity contribution is -0.143. The van der Waals surface area contributed by atoms with E-state index in [4.69, 9.17) is 24.2 Å². The minimum Gasteiger partial charge on any atom is -0.490 e. The van der Waals surface area contributed by atoms with Crippen LogP contribution in [0.1, 0.15) is 49.1 Å². The van der Waals surface area contributed by atoms with Gasteiger partial charge in [0.25, 0.3) is 5.56 Å². The standard InChI is InChI=1S/C36H33N3O8S/c1-5-44-29-17-26(15-16-28(29)47-21-31(40)43-4)33-32(35(42)45-6-2)22(3)38-36-39(33)34(41)30(48-36)18-25-9-7-8-10-27(25)46-20-24-13-11-23(19-37)12-14-24/h7-18,33H,5-6,20-21H2,1-4H3/b30-18+/t33-/m1/s1. The van der Waals surface area contributed by atoms with Crippen LogP contribution in [0, 0.1) is 11.3 Å². The quantitative estimate of drug-likeness (QED) is 0.204. The lowest BCUT2D eigenvalue weighted by atomic mass is 9.95. The molecule has 3 aromatic carbocycles. The van der Waals surface area contributed by atoms with Crippen LogP contribution in [0.25, 0.3) is 6.08 Å². The summed E-state index contributed by atoms with van der Waals surface area (Å²) < 4.78 is 29.5. The number of nitrogens with zero attached hydrogens (tertiary/aromatic N) is 3. The third kappa shape index (κ3) is 7.32. The van der Waals surface area contributed by atoms with Crippen molar-refractivity contribution in [1.29, 1.82) is 5.26 Å². The number of esters is 2. The molecule has 246 valence electrons. The number of carbonyl (C=O) groups excluding carboxylic acids is 2. The number of methoxy groups -OCH3 is 1. The van der Waals surface area contributed by atoms with Gasteiger partial charge >= 0.3 is 11.9 Å². The van der Waals surface area contributed by atoms with E-state index < -0.39 is 18.0 Å². The molecule has 12 heteroatoms. The fourth-order valence-corrected chi connectivity index (χ4v) is 6.13. The van der Waals surface area contributed by atoms with Gasteiger partial charge in [0.1, 0.15) is 12.4 Å². The molecule has 0 unspecified atom stereocenters. The van der Waals surface area contributed by atoms with Crippen LogP contribution in [-0.4, -0.2) is 43.4 Å². The van der Waals surface area contributed by atoms with E-state index >= 15 is 0 Å². The third-order valence-corrected chi connectivity index (χ3v) is 8.34. The van der Waals surface area contributed by atoms with Crippen LogP contribution in [0.5, 0.6) is 17.2 Å². The van der Waals surface area contributed by atoms with Crippen LogP contribution in [0.4, 0.5) is 0 Å². The van der Waals surface area contributed by atoms with Crippen LogP contribution in [0.15, 0.2) is 87.8 Å². The van der Waals surface area contributed by atoms with Gasteiger partial charge in [-0.3, -0.25) is 9.36 Å². The predicted molar refractivity (Wildman–Crippen MR) is 177 cm³/mol. The number of allylic oxidation sites excluding steroid dienone is 1. The van der Waals surface area contributed by atoms with E-state index in [1.165, 1.54) is 23.0 Å². The van der Waals surface area contributed by atoms with Gasteiger partial charge < -0.3 is 23.7 Å². The molecule has 0 spiro atoms. The highest BCUT2D eigenvalue weighted by molar-refractivity contribution is 7.07. The molecule has 11 nitrogen and oxygen atoms in total. The molecule has 0 aliphatic carbocycles. The van der Waals surface area contributed by atoms with Gasteiger partial charge in [0, 0.05) is 5.56 Å². The Morgan fingerprint density at radius 1 is 0.979 bits per heavy atom. The van der Waals surface area contributed by atoms with Gasteiger partial charge in [0.2, 0.25) is 0 Å². The Morgan fingerprint density at radius 3 is 2.46 bits per heavy atom. The van der Waals surface area contributed by atoms with Crippen molar-refractivity contribution < 1.29 is 33.3 Å². The van der Waals surface area contributed by atoms with Crippen LogP contribution in [0.3, 0.4) is 0 Å². The molecule has 0 saturated carbocycles. The predicted octanol–water partition coefficient (Wildman–Crippen LogP) is 4.20. The fourth-order valence-electron chi connectivity index (χ4n) is 5.09. The van der Waals surface area contributed by atoms with Gasteiger partial charge in [0.05, 0.1) is 53.8 Å². The molecule has 1 aromatic heterocycles. The van der Waals surface area contributed by atoms with Crippen molar-refractivity contribution in [2.45, 2.75) is 33.4 Å². The van der Waals surface area contributed by atoms with Gasteiger partial charge in [-0.1, -0.05) is 47.7 Å². The topological polar surface area (TPSA) is 138 Å². The van der Waals surface area contributed by atoms with Crippen molar-refractivity contribution in [3.8, 4) is 23.3 Å². The molecule has 4 aromatic rings. The number of hydrogen-bond donors (Lipinski definition) is 0. The molecule has 1 atom stereocenters. The molecule has 0 bridgehead atoms. The van der Waals surface area contributed by atoms with Crippen LogP contribution < -0.4 is 29.1 Å². The first-order valence-electron chi connectivity index (χ1n) is 15.1. The summed E-state index contributed by atoms with van der Waals surface area (Å²) in [5.41, 5.74) is 2.96. The second kappa shape index (κ2) is 15.3. The average molecular weight is 668 g/mol. The summed E-state index contributed by atoms with van der Waals surface area (Å²) in [4.78, 5) is 44.4. The second-order valence-corrected chi connectivity index (χ2v) is 11.5. The number of aromatic nitrogens is 1. The molecule has 5 rings (SSSR count). The first-order valence-corrected chi connectivity index (χ1v) is 16.0. The van der Waals surface area contributed by atoms with Crippen molar-refractivity contribution in [3.05, 3.63) is 120 Å². The molecular weight excluding hydrogens is 634 g/mol. The normalized spacial score (nSPS) is 14.0. The molecule has 48 heavy (non-hydrogen) atoms. The van der Waals surface area contributed by atoms with Crippen LogP contribution >= 0.6 is 11.3 Å². The van der Waals surface area contributed by atoms with Gasteiger partial charge in [-0.25, -0.2) is 14.6 Å². The zero-order chi connectivity index (χ0) is 34.2. The van der Waals surface area contributed by atoms with Gasteiger partial charge in [-0.15, -0.1) is 0 Å². The van der Waals surface area contributed by atoms with Crippen molar-refractivity contribution in [1.82, 2.24) is 4.57 Å². The van der Waals surface area contributed by atoms with Crippen LogP contribution in [-0.2, 0) is 25.7 Å². The average Bonchev–Trinajstić information content (AvgIpc) is 3.40. The number of thiazole rings is 1. The number of benzene rings is 3. The maximum atomic E-state index is 14.2. The Hall–Kier alpha value is -5.67. The molecule has 2 heterocycles. The van der Waals surface area contributed by atoms with E-state index in [1.807, 2.05) is 36.4 Å². The zero-order valence-corrected chi connectivity index (χ0v) is 27.7. The zero-order valence-electron chi connectivity index (χ0n) is 26.8. The summed E-state index contributed by atoms with van der Waals surface area (Å²) >= 11 is 1.19. The highest BCUT2D eigenvalue weighted by atomic mass is 32.1. The van der Waals surface area contributed by atoms with Crippen molar-refractivity contribution in [3.63, 3.8) is 0 Å². The summed E-state index contributed by atoms with van der Waals surface area (Å²) in [5, 5.41) is 9.08. The van der Waals surface area contributed by atoms with Gasteiger partial charge in [-0.2, -0.15) is 5.26 Å². The van der Waals surface area contributed by atoms with E-state index in [2.05, 4.69) is 15.8 Å². The maximum absolute atomic E-state index is 14.2. The Labute approximate surface area is 280 Å². The first-order chi connectivity index (χ1) is 23.3. The number of rotatable bonds is 12. The Balaban J connectivity index is 1.58. The number of hydrogen-bond acceptors (Lipinski definition) is 11. The molecule has 0 fully saturated rings. The van der Waals surface area contributed by atoms with E-state index in [0.29, 0.717) is 55.6 Å². The largest absolute Gasteiger partial charge is 0.490 e. The van der Waals surface area contributed by atoms with Crippen molar-refractivity contribution in [2.75, 3.05) is 26.9 Å². The fraction of sp³-hybridized carbons (Fsp3) is 0.250. The first kappa shape index (κ1) is 33.7. The Morgan fingerprint density at radius 2 is 1.75 bits per heavy atom. The number of ether oxygens (including phenoxy) is 5. The SMILES string of the molecule is CCOC(=O)C1=C(C)N=c2s/c(=C/c3ccccc3OCc3ccc(C#N)cc3)c(=O)n2[C@@H]1c1ccc(OCC(=O)OC)c(OCC)c1. The van der Waals surface area contributed by atoms with E-state index in [1.54, 1.807) is 57.2 Å². The highest BCUT2D eigenvalue weighted by Gasteiger charge is 2.34. The minimum absolute atomic E-state index is 0.135. The number of carbonyl (C=O) groups is 2. The highest BCUT2D eigenvalue weighted by Crippen LogP contribution is 2.36. The van der Waals surface area contributed by atoms with Crippen molar-refractivity contribution >= 4 is 29.4 Å². The summed E-state index contributed by atoms with van der Waals surface area (Å²) in [7, 11) is 1.27. The lowest BCUT2D eigenvalue weighted by Gasteiger charge is -2.25. The Bertz CT molecular complexity index is 2090. The molecule has 0 saturated heterocycles. The molecule has 0 N–H and O–H groups in total. The number of fused-ring (bicyclic) bond motifs is 1. The molecule has 1 aliphatic heterocycles. The van der Waals surface area contributed by atoms with E-state index in [9.17, 15) is 14.4 Å². The van der Waals surface area contributed by atoms with Gasteiger partial charge in [-0.05, 0) is 68.3 Å². The molecule has 1 aliphatic rings. The van der Waals surface area contributed by atoms with Crippen molar-refractivity contribution in [2.24, 2.45) is 4.99 Å². The van der Waals surface area contributed by atoms with E-state index in [0.717, 1.165) is 5.56 Å². The van der Waals surface area contributed by atoms with E-state index in [-0.39, 0.29) is 31.0 Å². The smallest absolute Gasteiger partial charge is 0.343 e. The lowest BCUT2D eigenvalue weighted by Crippen LogP contribution is -2.40. The summed E-state index contributed by atoms with van der Waals surface area (Å²) in [5.74, 6) is 0.0415. The summed E-state index contributed by atoms with van der Waals surface area (Å²) in [6.45, 7) is 5.60. The van der Waals surface area contributed by atoms with Crippen LogP contribution in [0.2, 0.25) is 0 Å². The molecule has 0 radical (unpaired) electrons. The second-order valence-electron chi connectivity index (χ2n) is 10.4. The maximum Gasteiger partial charge on any atom is 0.343 e. The summed E-state index contributed by atoms with van der Waals surface area (Å²) in [6.07, 6.45) is 1.74. The molecular formula is C36H33N3O8S. The third-order valence-electron chi connectivity index (χ3n) is 7.36.